The van der Waals surface area contributed by atoms with Crippen LogP contribution in [0.15, 0.2) is 0 Å². The van der Waals surface area contributed by atoms with Gasteiger partial charge in [0.05, 0.1) is 5.75 Å². The fourth-order valence-electron chi connectivity index (χ4n) is 0.697. The zero-order valence-corrected chi connectivity index (χ0v) is 17.0. The monoisotopic (exact) mass is 470 g/mol. The van der Waals surface area contributed by atoms with Crippen LogP contribution in [0.2, 0.25) is 0 Å². The van der Waals surface area contributed by atoms with E-state index < -0.39 is 5.60 Å². The number of thioether (sulfide) groups is 1. The van der Waals surface area contributed by atoms with Crippen molar-refractivity contribution in [3.63, 3.8) is 0 Å². The largest absolute Gasteiger partial charge is 0 e. The van der Waals surface area contributed by atoms with Crippen molar-refractivity contribution in [3.8, 4) is 11.8 Å². The van der Waals surface area contributed by atoms with Gasteiger partial charge in [0.25, 0.3) is 0 Å². The third-order valence-electron chi connectivity index (χ3n) is 1.62. The molecule has 1 fully saturated rings. The van der Waals surface area contributed by atoms with Gasteiger partial charge in [-0.3, -0.25) is 0 Å². The summed E-state index contributed by atoms with van der Waals surface area (Å²) >= 11 is 1.82. The van der Waals surface area contributed by atoms with Crippen LogP contribution in [0, 0.1) is 51.7 Å². The summed E-state index contributed by atoms with van der Waals surface area (Å²) in [6, 6.07) is 0. The normalized spacial score (nSPS) is 9.54. The van der Waals surface area contributed by atoms with E-state index in [-0.39, 0.29) is 38.3 Å². The van der Waals surface area contributed by atoms with Crippen molar-refractivity contribution in [2.24, 2.45) is 0 Å². The molecule has 7 nitrogen and oxygen atoms in total. The fraction of sp³-hybridized carbons (Fsp3) is 0.500. The van der Waals surface area contributed by atoms with Crippen LogP contribution in [0.4, 0.5) is 0 Å². The number of hydrogen-bond donors (Lipinski definition) is 1. The fourth-order valence-corrected chi connectivity index (χ4v) is 1.27. The van der Waals surface area contributed by atoms with E-state index in [0.29, 0.717) is 0 Å². The molecule has 146 valence electrons. The van der Waals surface area contributed by atoms with Gasteiger partial charge in [-0.2, -0.15) is 0 Å². The Kier molecular flexibility index (Phi) is 84.7. The second-order valence-corrected chi connectivity index (χ2v) is 6.04. The van der Waals surface area contributed by atoms with Gasteiger partial charge in [-0.1, -0.05) is 32.6 Å². The molecule has 0 aromatic heterocycles. The Morgan fingerprint density at radius 1 is 0.808 bits per heavy atom. The molecule has 1 aliphatic rings. The predicted molar refractivity (Wildman–Crippen MR) is 77.7 cm³/mol. The van der Waals surface area contributed by atoms with Crippen molar-refractivity contribution < 1.29 is 66.6 Å². The van der Waals surface area contributed by atoms with Gasteiger partial charge in [0.15, 0.2) is 0 Å². The van der Waals surface area contributed by atoms with E-state index in [1.807, 2.05) is 11.8 Å². The predicted octanol–water partition coefficient (Wildman–Crippen LogP) is 1.82. The maximum absolute atomic E-state index is 9.38. The van der Waals surface area contributed by atoms with E-state index in [1.54, 1.807) is 0 Å². The van der Waals surface area contributed by atoms with Crippen molar-refractivity contribution in [3.05, 3.63) is 39.9 Å². The quantitative estimate of drug-likeness (QED) is 0.355. The summed E-state index contributed by atoms with van der Waals surface area (Å²) in [6.07, 6.45) is 1.72. The van der Waals surface area contributed by atoms with Crippen LogP contribution < -0.4 is 0 Å². The molecule has 0 spiro atoms. The summed E-state index contributed by atoms with van der Waals surface area (Å²) in [5.41, 5.74) is -0.599. The molecule has 0 amide bonds. The standard InChI is InChI=1S/C10H16OS.6CO.2Co/c1-9(2,3)12-8-4-5-10(11)6-7-10;6*1-2;;/h11H,6-8H2,1-3H3;;;;;;;;. The Hall–Kier alpha value is -0.677. The topological polar surface area (TPSA) is 140 Å². The summed E-state index contributed by atoms with van der Waals surface area (Å²) < 4.78 is 45.3. The Morgan fingerprint density at radius 3 is 1.27 bits per heavy atom. The first kappa shape index (κ1) is 49.9. The first-order valence-corrected chi connectivity index (χ1v) is 6.49. The van der Waals surface area contributed by atoms with Gasteiger partial charge in [0.1, 0.15) is 5.60 Å². The van der Waals surface area contributed by atoms with E-state index in [4.69, 9.17) is 27.9 Å². The zero-order chi connectivity index (χ0) is 21.2. The molecule has 0 bridgehead atoms. The molecule has 0 unspecified atom stereocenters. The van der Waals surface area contributed by atoms with Crippen molar-refractivity contribution in [2.45, 2.75) is 44.0 Å². The molecular formula is C16H16Co2O7S. The van der Waals surface area contributed by atoms with Crippen LogP contribution in [0.25, 0.3) is 0 Å². The molecule has 0 aromatic carbocycles. The first-order valence-electron chi connectivity index (χ1n) is 5.50. The van der Waals surface area contributed by atoms with Gasteiger partial charge in [-0.05, 0) is 12.8 Å². The summed E-state index contributed by atoms with van der Waals surface area (Å²) in [5, 5.41) is 9.38. The van der Waals surface area contributed by atoms with Crippen LogP contribution in [0.5, 0.6) is 0 Å². The molecule has 0 saturated heterocycles. The minimum Gasteiger partial charge on any atom is 0 e. The van der Waals surface area contributed by atoms with Crippen molar-refractivity contribution in [2.75, 3.05) is 5.75 Å². The SMILES string of the molecule is CC(C)(C)SCC#CC1(O)CC1.[C-]#[O+].[C-]#[O+].[C-]#[O+].[C-]#[O+].[C-]#[O+].[C-]#[O+].[Co].[Co]. The van der Waals surface area contributed by atoms with Crippen LogP contribution in [-0.2, 0) is 61.5 Å². The molecule has 1 rings (SSSR count). The van der Waals surface area contributed by atoms with E-state index in [0.717, 1.165) is 18.6 Å². The smallest absolute Gasteiger partial charge is 0 e. The molecule has 2 radical (unpaired) electrons. The summed E-state index contributed by atoms with van der Waals surface area (Å²) in [4.78, 5) is 0. The van der Waals surface area contributed by atoms with Gasteiger partial charge >= 0.3 is 67.8 Å². The minimum atomic E-state index is -0.599. The minimum absolute atomic E-state index is 0. The summed E-state index contributed by atoms with van der Waals surface area (Å²) in [5.74, 6) is 6.72. The average molecular weight is 470 g/mol. The van der Waals surface area contributed by atoms with Gasteiger partial charge in [0, 0.05) is 38.3 Å². The molecule has 1 aliphatic carbocycles. The third-order valence-corrected chi connectivity index (χ3v) is 2.78. The van der Waals surface area contributed by atoms with Crippen molar-refractivity contribution in [1.82, 2.24) is 0 Å². The number of rotatable bonds is 1. The number of aliphatic hydroxyl groups is 1. The van der Waals surface area contributed by atoms with Gasteiger partial charge in [-0.25, -0.2) is 0 Å². The number of hydrogen-bond acceptors (Lipinski definition) is 2. The molecule has 0 aromatic rings. The zero-order valence-electron chi connectivity index (χ0n) is 14.1. The Balaban J connectivity index is -0.0000000332. The van der Waals surface area contributed by atoms with Crippen LogP contribution in [-0.4, -0.2) is 21.2 Å². The first-order chi connectivity index (χ1) is 11.4. The summed E-state index contributed by atoms with van der Waals surface area (Å²) in [6.45, 7) is 33.5. The van der Waals surface area contributed by atoms with E-state index in [2.05, 4.69) is 72.5 Å². The van der Waals surface area contributed by atoms with E-state index >= 15 is 0 Å². The van der Waals surface area contributed by atoms with Crippen LogP contribution >= 0.6 is 11.8 Å². The third kappa shape index (κ3) is 65.5. The van der Waals surface area contributed by atoms with Crippen molar-refractivity contribution >= 4 is 11.8 Å². The van der Waals surface area contributed by atoms with Crippen LogP contribution in [0.3, 0.4) is 0 Å². The second kappa shape index (κ2) is 44.1. The Bertz CT molecular complexity index is 398. The molecule has 0 atom stereocenters. The van der Waals surface area contributed by atoms with Crippen molar-refractivity contribution in [1.29, 1.82) is 0 Å². The summed E-state index contributed by atoms with van der Waals surface area (Å²) in [7, 11) is 0. The Labute approximate surface area is 179 Å². The van der Waals surface area contributed by atoms with Gasteiger partial charge in [-0.15, -0.1) is 11.8 Å². The molecule has 1 saturated carbocycles. The molecule has 1 N–H and O–H groups in total. The second-order valence-electron chi connectivity index (χ2n) is 4.23. The molecule has 26 heavy (non-hydrogen) atoms. The molecule has 0 aliphatic heterocycles. The Morgan fingerprint density at radius 2 is 1.08 bits per heavy atom. The molecule has 0 heterocycles. The molecule has 10 heteroatoms. The maximum Gasteiger partial charge on any atom is 0 e. The van der Waals surface area contributed by atoms with Gasteiger partial charge in [0.2, 0.25) is 0 Å². The average Bonchev–Trinajstić information content (AvgIpc) is 3.39. The van der Waals surface area contributed by atoms with Crippen LogP contribution in [0.1, 0.15) is 33.6 Å². The van der Waals surface area contributed by atoms with E-state index in [1.165, 1.54) is 0 Å². The maximum atomic E-state index is 9.38. The van der Waals surface area contributed by atoms with Gasteiger partial charge < -0.3 is 5.11 Å². The van der Waals surface area contributed by atoms with E-state index in [9.17, 15) is 5.11 Å². The molecular weight excluding hydrogens is 454 g/mol.